The number of hydrogen-bond donors (Lipinski definition) is 2. The molecule has 2 aromatic rings. The molecular weight excluding hydrogens is 356 g/mol. The second kappa shape index (κ2) is 6.80. The maximum Gasteiger partial charge on any atom is 0.337 e. The van der Waals surface area contributed by atoms with E-state index < -0.39 is 16.0 Å². The van der Waals surface area contributed by atoms with Crippen molar-refractivity contribution in [2.75, 3.05) is 17.1 Å². The average molecular weight is 374 g/mol. The lowest BCUT2D eigenvalue weighted by molar-refractivity contribution is -0.116. The minimum absolute atomic E-state index is 0.0820. The molecule has 0 spiro atoms. The Balaban J connectivity index is 1.92. The van der Waals surface area contributed by atoms with E-state index >= 15 is 0 Å². The molecule has 0 aliphatic carbocycles. The molecule has 1 heterocycles. The van der Waals surface area contributed by atoms with Gasteiger partial charge < -0.3 is 10.1 Å². The highest BCUT2D eigenvalue weighted by molar-refractivity contribution is 7.92. The molecule has 0 fully saturated rings. The van der Waals surface area contributed by atoms with Gasteiger partial charge in [-0.05, 0) is 54.8 Å². The van der Waals surface area contributed by atoms with Gasteiger partial charge in [-0.3, -0.25) is 9.52 Å². The fourth-order valence-electron chi connectivity index (χ4n) is 2.71. The number of esters is 1. The van der Waals surface area contributed by atoms with Crippen LogP contribution >= 0.6 is 0 Å². The molecule has 1 aliphatic heterocycles. The van der Waals surface area contributed by atoms with Gasteiger partial charge in [0.15, 0.2) is 0 Å². The lowest BCUT2D eigenvalue weighted by Crippen LogP contribution is -2.20. The zero-order valence-corrected chi connectivity index (χ0v) is 15.1. The van der Waals surface area contributed by atoms with Gasteiger partial charge in [-0.15, -0.1) is 0 Å². The first kappa shape index (κ1) is 17.9. The van der Waals surface area contributed by atoms with Crippen molar-refractivity contribution >= 4 is 33.3 Å². The van der Waals surface area contributed by atoms with Crippen LogP contribution in [0.15, 0.2) is 41.3 Å². The largest absolute Gasteiger partial charge is 0.465 e. The Labute approximate surface area is 151 Å². The van der Waals surface area contributed by atoms with E-state index in [2.05, 4.69) is 14.8 Å². The molecule has 26 heavy (non-hydrogen) atoms. The molecule has 0 saturated heterocycles. The molecular formula is C18H18N2O5S. The zero-order chi connectivity index (χ0) is 18.9. The van der Waals surface area contributed by atoms with E-state index in [0.717, 1.165) is 5.56 Å². The standard InChI is InChI=1S/C18H18N2O5S/c1-11-3-4-13(18(22)25-2)10-16(11)20-26(23,24)14-6-7-15-12(9-14)5-8-17(21)19-15/h3-4,6-7,9-10,20H,5,8H2,1-2H3,(H,19,21). The number of sulfonamides is 1. The van der Waals surface area contributed by atoms with Crippen LogP contribution in [0.25, 0.3) is 0 Å². The topological polar surface area (TPSA) is 102 Å². The number of hydrogen-bond acceptors (Lipinski definition) is 5. The van der Waals surface area contributed by atoms with Gasteiger partial charge in [0.2, 0.25) is 5.91 Å². The average Bonchev–Trinajstić information content (AvgIpc) is 2.62. The summed E-state index contributed by atoms with van der Waals surface area (Å²) in [5.74, 6) is -0.628. The Morgan fingerprint density at radius 3 is 2.65 bits per heavy atom. The Morgan fingerprint density at radius 1 is 1.15 bits per heavy atom. The van der Waals surface area contributed by atoms with Crippen LogP contribution in [0.3, 0.4) is 0 Å². The lowest BCUT2D eigenvalue weighted by Gasteiger charge is -2.18. The van der Waals surface area contributed by atoms with E-state index in [-0.39, 0.29) is 16.4 Å². The fraction of sp³-hybridized carbons (Fsp3) is 0.222. The third kappa shape index (κ3) is 3.55. The van der Waals surface area contributed by atoms with Crippen LogP contribution in [0.2, 0.25) is 0 Å². The van der Waals surface area contributed by atoms with Crippen molar-refractivity contribution in [3.63, 3.8) is 0 Å². The van der Waals surface area contributed by atoms with Crippen LogP contribution in [0.5, 0.6) is 0 Å². The molecule has 2 N–H and O–H groups in total. The van der Waals surface area contributed by atoms with Crippen LogP contribution in [0.1, 0.15) is 27.9 Å². The van der Waals surface area contributed by atoms with Crippen molar-refractivity contribution in [1.29, 1.82) is 0 Å². The number of carbonyl (C=O) groups excluding carboxylic acids is 2. The van der Waals surface area contributed by atoms with E-state index in [4.69, 9.17) is 0 Å². The van der Waals surface area contributed by atoms with Crippen LogP contribution in [0, 0.1) is 6.92 Å². The molecule has 0 unspecified atom stereocenters. The number of methoxy groups -OCH3 is 1. The summed E-state index contributed by atoms with van der Waals surface area (Å²) in [6, 6.07) is 9.23. The lowest BCUT2D eigenvalue weighted by atomic mass is 10.0. The van der Waals surface area contributed by atoms with E-state index in [1.54, 1.807) is 31.2 Å². The Kier molecular flexibility index (Phi) is 4.69. The van der Waals surface area contributed by atoms with E-state index in [0.29, 0.717) is 29.8 Å². The normalized spacial score (nSPS) is 13.5. The molecule has 7 nitrogen and oxygen atoms in total. The minimum Gasteiger partial charge on any atom is -0.465 e. The molecule has 0 aromatic heterocycles. The SMILES string of the molecule is COC(=O)c1ccc(C)c(NS(=O)(=O)c2ccc3c(c2)CCC(=O)N3)c1. The summed E-state index contributed by atoms with van der Waals surface area (Å²) < 4.78 is 32.7. The molecule has 8 heteroatoms. The predicted octanol–water partition coefficient (Wildman–Crippen LogP) is 2.47. The smallest absolute Gasteiger partial charge is 0.337 e. The summed E-state index contributed by atoms with van der Waals surface area (Å²) in [4.78, 5) is 23.2. The monoisotopic (exact) mass is 374 g/mol. The second-order valence-electron chi connectivity index (χ2n) is 5.99. The summed E-state index contributed by atoms with van der Waals surface area (Å²) in [6.45, 7) is 1.74. The number of carbonyl (C=O) groups is 2. The third-order valence-corrected chi connectivity index (χ3v) is 5.55. The maximum atomic E-state index is 12.7. The molecule has 2 aromatic carbocycles. The highest BCUT2D eigenvalue weighted by atomic mass is 32.2. The van der Waals surface area contributed by atoms with Crippen molar-refractivity contribution in [3.05, 3.63) is 53.1 Å². The number of fused-ring (bicyclic) bond motifs is 1. The van der Waals surface area contributed by atoms with Crippen LogP contribution in [0.4, 0.5) is 11.4 Å². The molecule has 1 amide bonds. The third-order valence-electron chi connectivity index (χ3n) is 4.19. The van der Waals surface area contributed by atoms with Gasteiger partial charge in [0.05, 0.1) is 23.3 Å². The summed E-state index contributed by atoms with van der Waals surface area (Å²) >= 11 is 0. The highest BCUT2D eigenvalue weighted by Crippen LogP contribution is 2.27. The molecule has 0 radical (unpaired) electrons. The van der Waals surface area contributed by atoms with Gasteiger partial charge in [0, 0.05) is 12.1 Å². The number of aryl methyl sites for hydroxylation is 2. The van der Waals surface area contributed by atoms with Crippen molar-refractivity contribution in [2.45, 2.75) is 24.7 Å². The Morgan fingerprint density at radius 2 is 1.92 bits per heavy atom. The molecule has 0 bridgehead atoms. The predicted molar refractivity (Wildman–Crippen MR) is 96.7 cm³/mol. The van der Waals surface area contributed by atoms with E-state index in [9.17, 15) is 18.0 Å². The number of anilines is 2. The minimum atomic E-state index is -3.85. The summed E-state index contributed by atoms with van der Waals surface area (Å²) in [6.07, 6.45) is 0.811. The van der Waals surface area contributed by atoms with Gasteiger partial charge in [0.25, 0.3) is 10.0 Å². The number of nitrogens with one attached hydrogen (secondary N) is 2. The number of rotatable bonds is 4. The second-order valence-corrected chi connectivity index (χ2v) is 7.68. The maximum absolute atomic E-state index is 12.7. The molecule has 3 rings (SSSR count). The Bertz CT molecular complexity index is 999. The van der Waals surface area contributed by atoms with Crippen molar-refractivity contribution < 1.29 is 22.7 Å². The molecule has 1 aliphatic rings. The van der Waals surface area contributed by atoms with Crippen LogP contribution in [-0.4, -0.2) is 27.4 Å². The summed E-state index contributed by atoms with van der Waals surface area (Å²) in [5.41, 5.74) is 2.63. The van der Waals surface area contributed by atoms with Gasteiger partial charge in [0.1, 0.15) is 0 Å². The van der Waals surface area contributed by atoms with Crippen molar-refractivity contribution in [1.82, 2.24) is 0 Å². The molecule has 136 valence electrons. The van der Waals surface area contributed by atoms with Crippen LogP contribution in [-0.2, 0) is 26.0 Å². The van der Waals surface area contributed by atoms with Crippen molar-refractivity contribution in [2.24, 2.45) is 0 Å². The van der Waals surface area contributed by atoms with Crippen LogP contribution < -0.4 is 10.0 Å². The first-order valence-electron chi connectivity index (χ1n) is 7.95. The number of ether oxygens (including phenoxy) is 1. The first-order valence-corrected chi connectivity index (χ1v) is 9.43. The molecule has 0 saturated carbocycles. The van der Waals surface area contributed by atoms with E-state index in [1.165, 1.54) is 19.2 Å². The van der Waals surface area contributed by atoms with Gasteiger partial charge >= 0.3 is 5.97 Å². The first-order chi connectivity index (χ1) is 12.3. The number of benzene rings is 2. The Hall–Kier alpha value is -2.87. The summed E-state index contributed by atoms with van der Waals surface area (Å²) in [7, 11) is -2.59. The summed E-state index contributed by atoms with van der Waals surface area (Å²) in [5, 5.41) is 2.72. The van der Waals surface area contributed by atoms with Crippen molar-refractivity contribution in [3.8, 4) is 0 Å². The quantitative estimate of drug-likeness (QED) is 0.801. The highest BCUT2D eigenvalue weighted by Gasteiger charge is 2.21. The molecule has 0 atom stereocenters. The van der Waals surface area contributed by atoms with E-state index in [1.807, 2.05) is 0 Å². The van der Waals surface area contributed by atoms with Gasteiger partial charge in [-0.25, -0.2) is 13.2 Å². The van der Waals surface area contributed by atoms with Gasteiger partial charge in [-0.2, -0.15) is 0 Å². The van der Waals surface area contributed by atoms with Gasteiger partial charge in [-0.1, -0.05) is 6.07 Å². The fourth-order valence-corrected chi connectivity index (χ4v) is 3.88. The zero-order valence-electron chi connectivity index (χ0n) is 14.3. The number of amides is 1.